The van der Waals surface area contributed by atoms with Gasteiger partial charge in [-0.25, -0.2) is 8.42 Å². The number of aromatic nitrogens is 3. The lowest BCUT2D eigenvalue weighted by molar-refractivity contribution is -0.115. The van der Waals surface area contributed by atoms with E-state index >= 15 is 0 Å². The van der Waals surface area contributed by atoms with E-state index in [4.69, 9.17) is 11.6 Å². The first kappa shape index (κ1) is 22.6. The van der Waals surface area contributed by atoms with E-state index in [1.165, 1.54) is 34.3 Å². The maximum atomic E-state index is 13.0. The maximum absolute atomic E-state index is 13.0. The second-order valence-electron chi connectivity index (χ2n) is 7.99. The van der Waals surface area contributed by atoms with Crippen molar-refractivity contribution in [2.45, 2.75) is 67.3 Å². The summed E-state index contributed by atoms with van der Waals surface area (Å²) in [4.78, 5) is 13.0. The zero-order valence-electron chi connectivity index (χ0n) is 17.5. The van der Waals surface area contributed by atoms with Crippen LogP contribution in [-0.2, 0) is 14.8 Å². The molecule has 2 aromatic rings. The van der Waals surface area contributed by atoms with Crippen molar-refractivity contribution in [3.63, 3.8) is 0 Å². The average molecular weight is 484 g/mol. The second-order valence-corrected chi connectivity index (χ2v) is 11.6. The van der Waals surface area contributed by atoms with E-state index in [9.17, 15) is 13.2 Å². The van der Waals surface area contributed by atoms with Crippen molar-refractivity contribution < 1.29 is 13.2 Å². The number of piperidine rings is 1. The number of nitrogens with one attached hydrogen (secondary N) is 1. The van der Waals surface area contributed by atoms with Crippen molar-refractivity contribution in [1.29, 1.82) is 0 Å². The highest BCUT2D eigenvalue weighted by Crippen LogP contribution is 2.39. The van der Waals surface area contributed by atoms with Crippen LogP contribution in [-0.4, -0.2) is 51.7 Å². The van der Waals surface area contributed by atoms with Gasteiger partial charge >= 0.3 is 0 Å². The first-order valence-electron chi connectivity index (χ1n) is 10.5. The lowest BCUT2D eigenvalue weighted by Crippen LogP contribution is -2.35. The van der Waals surface area contributed by atoms with Crippen LogP contribution in [0.15, 0.2) is 28.3 Å². The average Bonchev–Trinajstić information content (AvgIpc) is 3.53. The molecule has 1 amide bonds. The fourth-order valence-corrected chi connectivity index (χ4v) is 6.32. The largest absolute Gasteiger partial charge is 0.324 e. The lowest BCUT2D eigenvalue weighted by Gasteiger charge is -2.26. The summed E-state index contributed by atoms with van der Waals surface area (Å²) in [7, 11) is -3.61. The molecular weight excluding hydrogens is 458 g/mol. The molecule has 31 heavy (non-hydrogen) atoms. The zero-order chi connectivity index (χ0) is 22.2. The van der Waals surface area contributed by atoms with Gasteiger partial charge in [-0.1, -0.05) is 29.8 Å². The van der Waals surface area contributed by atoms with E-state index in [0.29, 0.717) is 24.2 Å². The molecule has 0 bridgehead atoms. The molecule has 1 unspecified atom stereocenters. The van der Waals surface area contributed by atoms with Gasteiger partial charge in [-0.2, -0.15) is 4.31 Å². The summed E-state index contributed by atoms with van der Waals surface area (Å²) in [6, 6.07) is 4.86. The molecule has 1 saturated heterocycles. The molecule has 1 aromatic heterocycles. The number of aryl methyl sites for hydroxylation is 1. The lowest BCUT2D eigenvalue weighted by atomic mass is 10.2. The third kappa shape index (κ3) is 4.92. The molecule has 11 heteroatoms. The molecule has 0 spiro atoms. The SMILES string of the molecule is Cc1nnc(SC(C)C(=O)Nc2cc(S(=O)(=O)N3CCCCC3)ccc2Cl)n1C1CC1. The van der Waals surface area contributed by atoms with Crippen molar-refractivity contribution in [1.82, 2.24) is 19.1 Å². The summed E-state index contributed by atoms with van der Waals surface area (Å²) >= 11 is 7.60. The number of carbonyl (C=O) groups excluding carboxylic acids is 1. The smallest absolute Gasteiger partial charge is 0.243 e. The molecule has 1 N–H and O–H groups in total. The van der Waals surface area contributed by atoms with Crippen LogP contribution in [0.4, 0.5) is 5.69 Å². The first-order valence-corrected chi connectivity index (χ1v) is 13.2. The van der Waals surface area contributed by atoms with E-state index in [1.807, 2.05) is 6.92 Å². The van der Waals surface area contributed by atoms with Gasteiger partial charge in [0.1, 0.15) is 5.82 Å². The second kappa shape index (κ2) is 9.09. The van der Waals surface area contributed by atoms with Crippen LogP contribution in [0.25, 0.3) is 0 Å². The number of anilines is 1. The summed E-state index contributed by atoms with van der Waals surface area (Å²) in [6.07, 6.45) is 4.95. The minimum Gasteiger partial charge on any atom is -0.324 e. The molecule has 168 valence electrons. The van der Waals surface area contributed by atoms with Crippen LogP contribution in [0.5, 0.6) is 0 Å². The van der Waals surface area contributed by atoms with Gasteiger partial charge in [0.2, 0.25) is 15.9 Å². The van der Waals surface area contributed by atoms with Crippen molar-refractivity contribution >= 4 is 45.0 Å². The molecule has 1 aliphatic carbocycles. The fourth-order valence-electron chi connectivity index (χ4n) is 3.64. The predicted octanol–water partition coefficient (Wildman–Crippen LogP) is 3.87. The standard InChI is InChI=1S/C20H26ClN5O3S2/c1-13(30-20-24-23-14(2)26(20)15-6-7-15)19(27)22-18-12-16(8-9-17(18)21)31(28,29)25-10-4-3-5-11-25/h8-9,12-13,15H,3-7,10-11H2,1-2H3,(H,22,27). The minimum absolute atomic E-state index is 0.138. The van der Waals surface area contributed by atoms with Crippen LogP contribution in [0.3, 0.4) is 0 Å². The zero-order valence-corrected chi connectivity index (χ0v) is 19.9. The quantitative estimate of drug-likeness (QED) is 0.600. The number of benzene rings is 1. The van der Waals surface area contributed by atoms with E-state index in [1.54, 1.807) is 6.92 Å². The summed E-state index contributed by atoms with van der Waals surface area (Å²) in [5.41, 5.74) is 0.289. The number of nitrogens with zero attached hydrogens (tertiary/aromatic N) is 4. The van der Waals surface area contributed by atoms with Gasteiger partial charge < -0.3 is 9.88 Å². The van der Waals surface area contributed by atoms with Crippen LogP contribution >= 0.6 is 23.4 Å². The predicted molar refractivity (Wildman–Crippen MR) is 121 cm³/mol. The Balaban J connectivity index is 1.48. The highest BCUT2D eigenvalue weighted by molar-refractivity contribution is 8.00. The Morgan fingerprint density at radius 2 is 1.94 bits per heavy atom. The molecule has 2 heterocycles. The molecule has 8 nitrogen and oxygen atoms in total. The van der Waals surface area contributed by atoms with Crippen LogP contribution in [0, 0.1) is 6.92 Å². The van der Waals surface area contributed by atoms with Gasteiger partial charge in [0.05, 0.1) is 20.9 Å². The Bertz CT molecular complexity index is 1080. The normalized spacial score (nSPS) is 18.7. The molecule has 1 atom stereocenters. The number of rotatable bonds is 7. The molecular formula is C20H26ClN5O3S2. The van der Waals surface area contributed by atoms with Crippen molar-refractivity contribution in [2.24, 2.45) is 0 Å². The maximum Gasteiger partial charge on any atom is 0.243 e. The van der Waals surface area contributed by atoms with E-state index in [-0.39, 0.29) is 16.5 Å². The molecule has 4 rings (SSSR count). The van der Waals surface area contributed by atoms with Gasteiger partial charge in [0, 0.05) is 19.1 Å². The summed E-state index contributed by atoms with van der Waals surface area (Å²) < 4.78 is 29.5. The fraction of sp³-hybridized carbons (Fsp3) is 0.550. The number of thioether (sulfide) groups is 1. The summed E-state index contributed by atoms with van der Waals surface area (Å²) in [5, 5.41) is 11.7. The van der Waals surface area contributed by atoms with Crippen molar-refractivity contribution in [2.75, 3.05) is 18.4 Å². The molecule has 1 aliphatic heterocycles. The van der Waals surface area contributed by atoms with E-state index in [2.05, 4.69) is 20.1 Å². The van der Waals surface area contributed by atoms with E-state index in [0.717, 1.165) is 43.1 Å². The molecule has 0 radical (unpaired) electrons. The van der Waals surface area contributed by atoms with Gasteiger partial charge in [-0.15, -0.1) is 10.2 Å². The van der Waals surface area contributed by atoms with Gasteiger partial charge in [-0.05, 0) is 57.7 Å². The van der Waals surface area contributed by atoms with Gasteiger partial charge in [0.25, 0.3) is 0 Å². The Kier molecular flexibility index (Phi) is 6.62. The molecule has 2 aliphatic rings. The number of halogens is 1. The highest BCUT2D eigenvalue weighted by atomic mass is 35.5. The number of carbonyl (C=O) groups is 1. The monoisotopic (exact) mass is 483 g/mol. The third-order valence-electron chi connectivity index (χ3n) is 5.55. The summed E-state index contributed by atoms with van der Waals surface area (Å²) in [6.45, 7) is 4.72. The highest BCUT2D eigenvalue weighted by Gasteiger charge is 2.30. The van der Waals surface area contributed by atoms with Crippen LogP contribution < -0.4 is 5.32 Å². The Hall–Kier alpha value is -1.62. The Labute approximate surface area is 191 Å². The molecule has 1 aromatic carbocycles. The first-order chi connectivity index (χ1) is 14.8. The van der Waals surface area contributed by atoms with Crippen molar-refractivity contribution in [3.8, 4) is 0 Å². The Morgan fingerprint density at radius 3 is 2.61 bits per heavy atom. The van der Waals surface area contributed by atoms with Crippen LogP contribution in [0.2, 0.25) is 5.02 Å². The Morgan fingerprint density at radius 1 is 1.23 bits per heavy atom. The topological polar surface area (TPSA) is 97.2 Å². The van der Waals surface area contributed by atoms with Crippen LogP contribution in [0.1, 0.15) is 50.9 Å². The third-order valence-corrected chi connectivity index (χ3v) is 8.83. The number of hydrogen-bond acceptors (Lipinski definition) is 6. The van der Waals surface area contributed by atoms with Crippen molar-refractivity contribution in [3.05, 3.63) is 29.0 Å². The number of sulfonamides is 1. The number of amides is 1. The molecule has 2 fully saturated rings. The molecule has 1 saturated carbocycles. The van der Waals surface area contributed by atoms with Gasteiger partial charge in [-0.3, -0.25) is 4.79 Å². The summed E-state index contributed by atoms with van der Waals surface area (Å²) in [5.74, 6) is 0.568. The van der Waals surface area contributed by atoms with Gasteiger partial charge in [0.15, 0.2) is 5.16 Å². The van der Waals surface area contributed by atoms with E-state index < -0.39 is 15.3 Å². The number of hydrogen-bond donors (Lipinski definition) is 1. The minimum atomic E-state index is -3.61.